The van der Waals surface area contributed by atoms with E-state index in [1.165, 1.54) is 0 Å². The number of aromatic nitrogens is 2. The summed E-state index contributed by atoms with van der Waals surface area (Å²) < 4.78 is 7.59. The molecule has 2 aliphatic heterocycles. The van der Waals surface area contributed by atoms with Crippen LogP contribution in [0.4, 0.5) is 0 Å². The number of carbonyl (C=O) groups is 2. The Morgan fingerprint density at radius 3 is 2.83 bits per heavy atom. The van der Waals surface area contributed by atoms with Gasteiger partial charge in [0.1, 0.15) is 12.4 Å². The van der Waals surface area contributed by atoms with Gasteiger partial charge in [0.2, 0.25) is 5.91 Å². The number of rotatable bonds is 2. The number of hydrogen-bond donors (Lipinski definition) is 2. The first-order valence-electron chi connectivity index (χ1n) is 10.5. The average molecular weight is 412 g/mol. The van der Waals surface area contributed by atoms with E-state index in [0.717, 1.165) is 24.0 Å². The summed E-state index contributed by atoms with van der Waals surface area (Å²) >= 11 is 0. The molecule has 0 saturated carbocycles. The zero-order valence-electron chi connectivity index (χ0n) is 17.6. The summed E-state index contributed by atoms with van der Waals surface area (Å²) in [5.74, 6) is 0.602. The fraction of sp³-hybridized carbons (Fsp3) is 0.500. The van der Waals surface area contributed by atoms with Crippen LogP contribution in [0.5, 0.6) is 5.75 Å². The molecule has 160 valence electrons. The number of hydrogen-bond acceptors (Lipinski definition) is 5. The molecule has 4 bridgehead atoms. The third-order valence-electron chi connectivity index (χ3n) is 5.95. The Hall–Kier alpha value is -2.87. The van der Waals surface area contributed by atoms with Crippen molar-refractivity contribution in [1.82, 2.24) is 25.3 Å². The van der Waals surface area contributed by atoms with Crippen molar-refractivity contribution < 1.29 is 14.3 Å². The highest BCUT2D eigenvalue weighted by molar-refractivity contribution is 5.94. The highest BCUT2D eigenvalue weighted by Gasteiger charge is 2.35. The van der Waals surface area contributed by atoms with Crippen LogP contribution in [0.1, 0.15) is 40.7 Å². The smallest absolute Gasteiger partial charge is 0.251 e. The predicted octanol–water partition coefficient (Wildman–Crippen LogP) is 1.39. The summed E-state index contributed by atoms with van der Waals surface area (Å²) in [4.78, 5) is 27.6. The molecule has 1 aromatic carbocycles. The summed E-state index contributed by atoms with van der Waals surface area (Å²) in [6.45, 7) is 4.00. The molecule has 2 atom stereocenters. The number of fused-ring (bicyclic) bond motifs is 4. The molecule has 8 nitrogen and oxygen atoms in total. The molecule has 0 radical (unpaired) electrons. The van der Waals surface area contributed by atoms with Crippen molar-refractivity contribution in [3.63, 3.8) is 0 Å². The van der Waals surface area contributed by atoms with Gasteiger partial charge < -0.3 is 15.4 Å². The molecule has 1 fully saturated rings. The van der Waals surface area contributed by atoms with E-state index < -0.39 is 0 Å². The molecular weight excluding hydrogens is 382 g/mol. The normalized spacial score (nSPS) is 23.1. The number of ether oxygens (including phenoxy) is 1. The van der Waals surface area contributed by atoms with Gasteiger partial charge in [-0.15, -0.1) is 0 Å². The first-order chi connectivity index (χ1) is 14.5. The third-order valence-corrected chi connectivity index (χ3v) is 5.95. The number of benzene rings is 1. The van der Waals surface area contributed by atoms with Gasteiger partial charge in [-0.25, -0.2) is 0 Å². The molecule has 8 heteroatoms. The van der Waals surface area contributed by atoms with Gasteiger partial charge in [-0.2, -0.15) is 5.10 Å². The van der Waals surface area contributed by atoms with Crippen LogP contribution in [0, 0.1) is 6.92 Å². The van der Waals surface area contributed by atoms with Crippen molar-refractivity contribution in [2.24, 2.45) is 7.05 Å². The maximum Gasteiger partial charge on any atom is 0.251 e. The zero-order chi connectivity index (χ0) is 21.1. The molecule has 2 amide bonds. The van der Waals surface area contributed by atoms with Crippen LogP contribution in [-0.4, -0.2) is 58.3 Å². The highest BCUT2D eigenvalue weighted by atomic mass is 16.5. The second kappa shape index (κ2) is 8.87. The van der Waals surface area contributed by atoms with Crippen molar-refractivity contribution in [1.29, 1.82) is 0 Å². The summed E-state index contributed by atoms with van der Waals surface area (Å²) in [6.07, 6.45) is 6.18. The Bertz CT molecular complexity index is 925. The minimum Gasteiger partial charge on any atom is -0.491 e. The SMILES string of the molecule is Cc1ccc2cc1OCCNC(=O)C[C@@H]1CC[C@H](CNC2=O)N1Cc1cnn(C)c1. The van der Waals surface area contributed by atoms with Gasteiger partial charge >= 0.3 is 0 Å². The summed E-state index contributed by atoms with van der Waals surface area (Å²) in [6, 6.07) is 5.81. The predicted molar refractivity (Wildman–Crippen MR) is 112 cm³/mol. The quantitative estimate of drug-likeness (QED) is 0.780. The molecule has 4 rings (SSSR count). The van der Waals surface area contributed by atoms with Crippen LogP contribution in [0.15, 0.2) is 30.6 Å². The van der Waals surface area contributed by atoms with Crippen molar-refractivity contribution >= 4 is 11.8 Å². The second-order valence-electron chi connectivity index (χ2n) is 8.17. The molecule has 0 unspecified atom stereocenters. The van der Waals surface area contributed by atoms with Gasteiger partial charge in [-0.05, 0) is 37.5 Å². The van der Waals surface area contributed by atoms with Crippen LogP contribution in [-0.2, 0) is 18.4 Å². The average Bonchev–Trinajstić information content (AvgIpc) is 3.30. The van der Waals surface area contributed by atoms with Gasteiger partial charge in [0, 0.05) is 56.0 Å². The van der Waals surface area contributed by atoms with Crippen LogP contribution >= 0.6 is 0 Å². The van der Waals surface area contributed by atoms with E-state index in [1.807, 2.05) is 38.5 Å². The monoisotopic (exact) mass is 411 g/mol. The lowest BCUT2D eigenvalue weighted by Crippen LogP contribution is -2.44. The Balaban J connectivity index is 1.55. The van der Waals surface area contributed by atoms with Gasteiger partial charge in [-0.3, -0.25) is 19.2 Å². The van der Waals surface area contributed by atoms with Gasteiger partial charge in [0.05, 0.1) is 12.7 Å². The van der Waals surface area contributed by atoms with Crippen LogP contribution < -0.4 is 15.4 Å². The summed E-state index contributed by atoms with van der Waals surface area (Å²) in [5.41, 5.74) is 2.65. The van der Waals surface area contributed by atoms with E-state index in [-0.39, 0.29) is 23.9 Å². The van der Waals surface area contributed by atoms with Crippen LogP contribution in [0.2, 0.25) is 0 Å². The Morgan fingerprint density at radius 1 is 1.20 bits per heavy atom. The molecule has 2 aliphatic rings. The Morgan fingerprint density at radius 2 is 2.03 bits per heavy atom. The number of nitrogens with zero attached hydrogens (tertiary/aromatic N) is 3. The van der Waals surface area contributed by atoms with Crippen LogP contribution in [0.3, 0.4) is 0 Å². The van der Waals surface area contributed by atoms with Crippen molar-refractivity contribution in [2.75, 3.05) is 19.7 Å². The molecule has 2 aromatic rings. The lowest BCUT2D eigenvalue weighted by atomic mass is 10.1. The molecule has 30 heavy (non-hydrogen) atoms. The number of carbonyl (C=O) groups excluding carboxylic acids is 2. The first-order valence-corrected chi connectivity index (χ1v) is 10.5. The summed E-state index contributed by atoms with van der Waals surface area (Å²) in [5, 5.41) is 10.3. The molecule has 1 aromatic heterocycles. The van der Waals surface area contributed by atoms with E-state index in [2.05, 4.69) is 20.6 Å². The largest absolute Gasteiger partial charge is 0.491 e. The number of nitrogens with one attached hydrogen (secondary N) is 2. The number of amides is 2. The topological polar surface area (TPSA) is 88.5 Å². The lowest BCUT2D eigenvalue weighted by molar-refractivity contribution is -0.122. The summed E-state index contributed by atoms with van der Waals surface area (Å²) in [7, 11) is 1.90. The zero-order valence-corrected chi connectivity index (χ0v) is 17.6. The fourth-order valence-electron chi connectivity index (χ4n) is 4.32. The molecule has 0 aliphatic carbocycles. The lowest BCUT2D eigenvalue weighted by Gasteiger charge is -2.30. The molecule has 3 heterocycles. The van der Waals surface area contributed by atoms with Gasteiger partial charge in [0.25, 0.3) is 5.91 Å². The molecule has 2 N–H and O–H groups in total. The Kier molecular flexibility index (Phi) is 6.03. The van der Waals surface area contributed by atoms with E-state index in [4.69, 9.17) is 4.74 Å². The van der Waals surface area contributed by atoms with E-state index in [9.17, 15) is 9.59 Å². The maximum atomic E-state index is 12.8. The fourth-order valence-corrected chi connectivity index (χ4v) is 4.32. The highest BCUT2D eigenvalue weighted by Crippen LogP contribution is 2.28. The Labute approximate surface area is 176 Å². The van der Waals surface area contributed by atoms with Crippen molar-refractivity contribution in [3.8, 4) is 5.75 Å². The van der Waals surface area contributed by atoms with Gasteiger partial charge in [-0.1, -0.05) is 6.07 Å². The molecule has 0 spiro atoms. The van der Waals surface area contributed by atoms with E-state index >= 15 is 0 Å². The maximum absolute atomic E-state index is 12.8. The second-order valence-corrected chi connectivity index (χ2v) is 8.17. The van der Waals surface area contributed by atoms with E-state index in [1.54, 1.807) is 10.7 Å². The minimum atomic E-state index is -0.103. The van der Waals surface area contributed by atoms with Crippen molar-refractivity contribution in [3.05, 3.63) is 47.3 Å². The standard InChI is InChI=1S/C22H29N5O3/c1-15-3-4-17-9-20(15)30-8-7-23-21(28)10-18-5-6-19(12-24-22(17)29)27(18)14-16-11-25-26(2)13-16/h3-4,9,11,13,18-19H,5-8,10,12,14H2,1-2H3,(H,23,28)(H,24,29)/t18-,19+/m0/s1. The number of aryl methyl sites for hydroxylation is 2. The minimum absolute atomic E-state index is 0.0322. The van der Waals surface area contributed by atoms with E-state index in [0.29, 0.717) is 44.0 Å². The third kappa shape index (κ3) is 4.64. The van der Waals surface area contributed by atoms with Gasteiger partial charge in [0.15, 0.2) is 0 Å². The van der Waals surface area contributed by atoms with Crippen LogP contribution in [0.25, 0.3) is 0 Å². The van der Waals surface area contributed by atoms with Crippen molar-refractivity contribution in [2.45, 2.75) is 44.8 Å². The molecular formula is C22H29N5O3. The molecule has 1 saturated heterocycles. The first kappa shape index (κ1) is 20.4.